The predicted molar refractivity (Wildman–Crippen MR) is 115 cm³/mol. The van der Waals surface area contributed by atoms with Gasteiger partial charge < -0.3 is 19.3 Å². The van der Waals surface area contributed by atoms with Gasteiger partial charge in [0.25, 0.3) is 5.79 Å². The Morgan fingerprint density at radius 3 is 2.52 bits per heavy atom. The lowest BCUT2D eigenvalue weighted by Crippen LogP contribution is -2.48. The standard InChI is InChI=1S/C23H30N4O4/c1-17-13-19(25-31-17)15-26-9-11-27(12-10-26)16-22(28)24-18-5-6-20-21(14-18)30-23(29-20)7-3-2-4-8-23/h5-6,13-14H,2-4,7-12,15-16H2,1H3,(H,24,28). The number of carbonyl (C=O) groups is 1. The van der Waals surface area contributed by atoms with Crippen LogP contribution in [0.2, 0.25) is 0 Å². The van der Waals surface area contributed by atoms with E-state index < -0.39 is 5.79 Å². The van der Waals surface area contributed by atoms with Gasteiger partial charge in [-0.15, -0.1) is 0 Å². The highest BCUT2D eigenvalue weighted by Crippen LogP contribution is 2.46. The number of hydrogen-bond acceptors (Lipinski definition) is 7. The van der Waals surface area contributed by atoms with E-state index in [1.165, 1.54) is 6.42 Å². The quantitative estimate of drug-likeness (QED) is 0.787. The van der Waals surface area contributed by atoms with Crippen molar-refractivity contribution in [2.45, 2.75) is 51.4 Å². The lowest BCUT2D eigenvalue weighted by atomic mass is 9.94. The molecule has 8 nitrogen and oxygen atoms in total. The highest BCUT2D eigenvalue weighted by atomic mass is 16.7. The molecule has 0 atom stereocenters. The highest BCUT2D eigenvalue weighted by Gasteiger charge is 2.42. The third kappa shape index (κ3) is 4.70. The van der Waals surface area contributed by atoms with Crippen LogP contribution in [-0.4, -0.2) is 59.4 Å². The van der Waals surface area contributed by atoms with Gasteiger partial charge in [-0.05, 0) is 31.9 Å². The molecule has 1 aliphatic carbocycles. The van der Waals surface area contributed by atoms with E-state index in [1.54, 1.807) is 0 Å². The molecule has 0 radical (unpaired) electrons. The summed E-state index contributed by atoms with van der Waals surface area (Å²) in [5.41, 5.74) is 1.71. The Bertz CT molecular complexity index is 929. The molecule has 1 saturated heterocycles. The summed E-state index contributed by atoms with van der Waals surface area (Å²) in [6.45, 7) is 6.60. The molecule has 1 aromatic carbocycles. The average Bonchev–Trinajstić information content (AvgIpc) is 3.32. The summed E-state index contributed by atoms with van der Waals surface area (Å²) in [6, 6.07) is 7.65. The van der Waals surface area contributed by atoms with Crippen molar-refractivity contribution in [3.63, 3.8) is 0 Å². The van der Waals surface area contributed by atoms with E-state index in [9.17, 15) is 4.79 Å². The maximum atomic E-state index is 12.6. The van der Waals surface area contributed by atoms with E-state index in [4.69, 9.17) is 14.0 Å². The van der Waals surface area contributed by atoms with Crippen LogP contribution in [0.25, 0.3) is 0 Å². The molecule has 8 heteroatoms. The van der Waals surface area contributed by atoms with Crippen molar-refractivity contribution in [1.82, 2.24) is 15.0 Å². The molecule has 2 aliphatic heterocycles. The Hall–Kier alpha value is -2.58. The first kappa shape index (κ1) is 20.3. The lowest BCUT2D eigenvalue weighted by Gasteiger charge is -2.33. The van der Waals surface area contributed by atoms with Gasteiger partial charge in [0.2, 0.25) is 5.91 Å². The minimum absolute atomic E-state index is 0.00757. The molecule has 5 rings (SSSR count). The van der Waals surface area contributed by atoms with E-state index in [2.05, 4.69) is 20.3 Å². The molecule has 3 aliphatic rings. The molecule has 1 saturated carbocycles. The largest absolute Gasteiger partial charge is 0.448 e. The Labute approximate surface area is 182 Å². The minimum atomic E-state index is -0.492. The van der Waals surface area contributed by atoms with E-state index in [0.29, 0.717) is 6.54 Å². The molecule has 166 valence electrons. The predicted octanol–water partition coefficient (Wildman–Crippen LogP) is 3.17. The number of rotatable bonds is 5. The number of aromatic nitrogens is 1. The molecule has 0 bridgehead atoms. The summed E-state index contributed by atoms with van der Waals surface area (Å²) >= 11 is 0. The zero-order chi connectivity index (χ0) is 21.3. The zero-order valence-electron chi connectivity index (χ0n) is 18.1. The van der Waals surface area contributed by atoms with Crippen LogP contribution in [0, 0.1) is 6.92 Å². The van der Waals surface area contributed by atoms with Gasteiger partial charge in [0, 0.05) is 63.4 Å². The molecular formula is C23H30N4O4. The van der Waals surface area contributed by atoms with Crippen molar-refractivity contribution in [3.05, 3.63) is 35.7 Å². The van der Waals surface area contributed by atoms with Crippen LogP contribution < -0.4 is 14.8 Å². The van der Waals surface area contributed by atoms with Gasteiger partial charge in [0.05, 0.1) is 12.2 Å². The van der Waals surface area contributed by atoms with Crippen molar-refractivity contribution in [3.8, 4) is 11.5 Å². The summed E-state index contributed by atoms with van der Waals surface area (Å²) in [4.78, 5) is 17.1. The number of ether oxygens (including phenoxy) is 2. The molecule has 1 amide bonds. The molecule has 1 spiro atoms. The smallest absolute Gasteiger partial charge is 0.251 e. The van der Waals surface area contributed by atoms with Crippen LogP contribution in [0.15, 0.2) is 28.8 Å². The number of carbonyl (C=O) groups excluding carboxylic acids is 1. The number of nitrogens with one attached hydrogen (secondary N) is 1. The van der Waals surface area contributed by atoms with Crippen molar-refractivity contribution in [2.75, 3.05) is 38.0 Å². The topological polar surface area (TPSA) is 80.1 Å². The maximum Gasteiger partial charge on any atom is 0.251 e. The number of hydrogen-bond donors (Lipinski definition) is 1. The van der Waals surface area contributed by atoms with E-state index in [0.717, 1.165) is 87.0 Å². The molecule has 1 N–H and O–H groups in total. The first-order valence-electron chi connectivity index (χ1n) is 11.3. The lowest BCUT2D eigenvalue weighted by molar-refractivity contribution is -0.117. The number of piperazine rings is 1. The van der Waals surface area contributed by atoms with Gasteiger partial charge in [-0.2, -0.15) is 0 Å². The van der Waals surface area contributed by atoms with Crippen molar-refractivity contribution in [1.29, 1.82) is 0 Å². The number of aryl methyl sites for hydroxylation is 1. The first-order valence-corrected chi connectivity index (χ1v) is 11.3. The fraction of sp³-hybridized carbons (Fsp3) is 0.565. The third-order valence-electron chi connectivity index (χ3n) is 6.33. The fourth-order valence-electron chi connectivity index (χ4n) is 4.70. The van der Waals surface area contributed by atoms with Crippen LogP contribution in [0.4, 0.5) is 5.69 Å². The van der Waals surface area contributed by atoms with E-state index in [1.807, 2.05) is 31.2 Å². The summed E-state index contributed by atoms with van der Waals surface area (Å²) < 4.78 is 17.4. The molecule has 2 aromatic rings. The van der Waals surface area contributed by atoms with Crippen LogP contribution in [0.1, 0.15) is 43.6 Å². The molecule has 3 heterocycles. The summed E-state index contributed by atoms with van der Waals surface area (Å²) in [6.07, 6.45) is 5.34. The van der Waals surface area contributed by atoms with E-state index in [-0.39, 0.29) is 5.91 Å². The minimum Gasteiger partial charge on any atom is -0.448 e. The van der Waals surface area contributed by atoms with Crippen LogP contribution in [0.5, 0.6) is 11.5 Å². The van der Waals surface area contributed by atoms with Gasteiger partial charge >= 0.3 is 0 Å². The molecule has 31 heavy (non-hydrogen) atoms. The van der Waals surface area contributed by atoms with Gasteiger partial charge in [-0.25, -0.2) is 0 Å². The van der Waals surface area contributed by atoms with Crippen molar-refractivity contribution < 1.29 is 18.8 Å². The Kier molecular flexibility index (Phi) is 5.58. The van der Waals surface area contributed by atoms with Crippen molar-refractivity contribution >= 4 is 11.6 Å². The number of nitrogens with zero attached hydrogens (tertiary/aromatic N) is 3. The summed E-state index contributed by atoms with van der Waals surface area (Å²) in [5.74, 6) is 1.84. The summed E-state index contributed by atoms with van der Waals surface area (Å²) in [7, 11) is 0. The number of benzene rings is 1. The second kappa shape index (κ2) is 8.51. The number of anilines is 1. The number of fused-ring (bicyclic) bond motifs is 1. The SMILES string of the molecule is Cc1cc(CN2CCN(CC(=O)Nc3ccc4c(c3)OC3(CCCCC3)O4)CC2)no1. The molecule has 1 aromatic heterocycles. The third-order valence-corrected chi connectivity index (χ3v) is 6.33. The van der Waals surface area contributed by atoms with Gasteiger partial charge in [0.1, 0.15) is 5.76 Å². The summed E-state index contributed by atoms with van der Waals surface area (Å²) in [5, 5.41) is 7.08. The second-order valence-electron chi connectivity index (χ2n) is 8.87. The van der Waals surface area contributed by atoms with Gasteiger partial charge in [-0.3, -0.25) is 14.6 Å². The highest BCUT2D eigenvalue weighted by molar-refractivity contribution is 5.92. The molecule has 0 unspecified atom stereocenters. The second-order valence-corrected chi connectivity index (χ2v) is 8.87. The molecular weight excluding hydrogens is 396 g/mol. The van der Waals surface area contributed by atoms with E-state index >= 15 is 0 Å². The Morgan fingerprint density at radius 2 is 1.77 bits per heavy atom. The average molecular weight is 427 g/mol. The fourth-order valence-corrected chi connectivity index (χ4v) is 4.70. The van der Waals surface area contributed by atoms with Crippen LogP contribution >= 0.6 is 0 Å². The monoisotopic (exact) mass is 426 g/mol. The Morgan fingerprint density at radius 1 is 1.03 bits per heavy atom. The van der Waals surface area contributed by atoms with Gasteiger partial charge in [-0.1, -0.05) is 11.6 Å². The normalized spacial score (nSPS) is 20.8. The maximum absolute atomic E-state index is 12.6. The zero-order valence-corrected chi connectivity index (χ0v) is 18.1. The molecule has 2 fully saturated rings. The first-order chi connectivity index (χ1) is 15.1. The number of amides is 1. The van der Waals surface area contributed by atoms with Crippen molar-refractivity contribution in [2.24, 2.45) is 0 Å². The van der Waals surface area contributed by atoms with Gasteiger partial charge in [0.15, 0.2) is 11.5 Å². The van der Waals surface area contributed by atoms with Crippen LogP contribution in [0.3, 0.4) is 0 Å². The Balaban J connectivity index is 1.10. The van der Waals surface area contributed by atoms with Crippen LogP contribution in [-0.2, 0) is 11.3 Å².